The van der Waals surface area contributed by atoms with Crippen LogP contribution in [0.4, 0.5) is 0 Å². The van der Waals surface area contributed by atoms with Gasteiger partial charge in [0.2, 0.25) is 0 Å². The molecule has 1 aliphatic heterocycles. The van der Waals surface area contributed by atoms with E-state index in [2.05, 4.69) is 44.9 Å². The molecule has 0 aromatic carbocycles. The van der Waals surface area contributed by atoms with Crippen LogP contribution in [-0.2, 0) is 18.8 Å². The fourth-order valence-corrected chi connectivity index (χ4v) is 10.0. The quantitative estimate of drug-likeness (QED) is 0.112. The zero-order valence-electron chi connectivity index (χ0n) is 27.6. The number of ketones is 1. The van der Waals surface area contributed by atoms with Crippen molar-refractivity contribution in [3.05, 3.63) is 39.3 Å². The van der Waals surface area contributed by atoms with E-state index in [9.17, 15) is 9.59 Å². The number of ether oxygens (including phenoxy) is 1. The van der Waals surface area contributed by atoms with Gasteiger partial charge in [0.1, 0.15) is 5.78 Å². The Kier molecular flexibility index (Phi) is 13.5. The predicted molar refractivity (Wildman–Crippen MR) is 181 cm³/mol. The SMILES string of the molecule is CC[Si](CC)(CC)OC(CN(C[C@H]1CCC(C)(C)O1)C(=O)/C(C=N)=C(\C)N[C@H]1CC[C@H](C(C)=O)CC1)c1c(Cl)cncc1Cl. The molecule has 44 heavy (non-hydrogen) atoms. The molecule has 11 heteroatoms. The van der Waals surface area contributed by atoms with Crippen molar-refractivity contribution in [1.29, 1.82) is 5.41 Å². The Balaban J connectivity index is 1.98. The molecule has 1 amide bonds. The van der Waals surface area contributed by atoms with E-state index in [4.69, 9.17) is 37.8 Å². The highest BCUT2D eigenvalue weighted by Crippen LogP contribution is 2.38. The lowest BCUT2D eigenvalue weighted by Crippen LogP contribution is -2.46. The van der Waals surface area contributed by atoms with Crippen LogP contribution in [0, 0.1) is 11.3 Å². The van der Waals surface area contributed by atoms with Gasteiger partial charge in [-0.25, -0.2) is 0 Å². The Bertz CT molecular complexity index is 1170. The fraction of sp³-hybridized carbons (Fsp3) is 0.697. The first kappa shape index (κ1) is 36.7. The van der Waals surface area contributed by atoms with Gasteiger partial charge < -0.3 is 24.8 Å². The monoisotopic (exact) mass is 666 g/mol. The number of aromatic nitrogens is 1. The summed E-state index contributed by atoms with van der Waals surface area (Å²) in [4.78, 5) is 32.2. The first-order valence-corrected chi connectivity index (χ1v) is 19.5. The average Bonchev–Trinajstić information content (AvgIpc) is 3.33. The summed E-state index contributed by atoms with van der Waals surface area (Å²) in [6, 6.07) is 2.92. The summed E-state index contributed by atoms with van der Waals surface area (Å²) in [5.74, 6) is 0.0926. The Morgan fingerprint density at radius 2 is 1.70 bits per heavy atom. The molecule has 1 saturated heterocycles. The van der Waals surface area contributed by atoms with Crippen molar-refractivity contribution in [2.24, 2.45) is 5.92 Å². The Morgan fingerprint density at radius 1 is 1.11 bits per heavy atom. The van der Waals surface area contributed by atoms with Gasteiger partial charge in [0.15, 0.2) is 8.32 Å². The molecule has 1 unspecified atom stereocenters. The van der Waals surface area contributed by atoms with Gasteiger partial charge in [-0.3, -0.25) is 14.6 Å². The minimum Gasteiger partial charge on any atom is -0.408 e. The highest BCUT2D eigenvalue weighted by Gasteiger charge is 2.38. The number of amides is 1. The molecule has 2 fully saturated rings. The van der Waals surface area contributed by atoms with Gasteiger partial charge in [-0.05, 0) is 84.4 Å². The van der Waals surface area contributed by atoms with Crippen molar-refractivity contribution in [3.63, 3.8) is 0 Å². The van der Waals surface area contributed by atoms with Crippen molar-refractivity contribution in [2.75, 3.05) is 13.1 Å². The third-order valence-corrected chi connectivity index (χ3v) is 14.9. The lowest BCUT2D eigenvalue weighted by molar-refractivity contribution is -0.131. The molecule has 2 heterocycles. The highest BCUT2D eigenvalue weighted by atomic mass is 35.5. The van der Waals surface area contributed by atoms with Crippen LogP contribution in [0.15, 0.2) is 23.7 Å². The molecule has 0 bridgehead atoms. The van der Waals surface area contributed by atoms with Gasteiger partial charge in [0.05, 0.1) is 40.0 Å². The first-order chi connectivity index (χ1) is 20.8. The number of hydrogen-bond donors (Lipinski definition) is 2. The van der Waals surface area contributed by atoms with E-state index in [1.807, 2.05) is 6.92 Å². The largest absolute Gasteiger partial charge is 0.408 e. The van der Waals surface area contributed by atoms with Gasteiger partial charge in [-0.15, -0.1) is 0 Å². The molecule has 8 nitrogen and oxygen atoms in total. The minimum atomic E-state index is -2.18. The number of halogens is 2. The van der Waals surface area contributed by atoms with Crippen LogP contribution < -0.4 is 5.32 Å². The van der Waals surface area contributed by atoms with E-state index in [1.165, 1.54) is 0 Å². The second kappa shape index (κ2) is 16.2. The zero-order chi connectivity index (χ0) is 32.7. The average molecular weight is 668 g/mol. The maximum Gasteiger partial charge on any atom is 0.257 e. The standard InChI is InChI=1S/C33H52Cl2N4O4Si/c1-8-44(9-2,10-3)43-30(31-28(34)18-37-19-29(31)35)21-39(20-26-15-16-33(6,7)42-26)32(41)27(17-36)22(4)38-25-13-11-24(12-14-25)23(5)40/h17-19,24-26,30,36,38H,8-16,20-21H2,1-7H3/b27-22+,36-17?/t24-,25-,26-,30?/m1/s1. The number of carbonyl (C=O) groups is 2. The number of Topliss-reactive ketones (excluding diaryl/α,β-unsaturated/α-hetero) is 1. The van der Waals surface area contributed by atoms with E-state index in [1.54, 1.807) is 24.2 Å². The second-order valence-corrected chi connectivity index (χ2v) is 18.6. The number of hydrogen-bond acceptors (Lipinski definition) is 7. The molecule has 2 N–H and O–H groups in total. The van der Waals surface area contributed by atoms with Crippen molar-refractivity contribution in [2.45, 2.75) is 129 Å². The fourth-order valence-electron chi connectivity index (χ4n) is 6.64. The summed E-state index contributed by atoms with van der Waals surface area (Å²) >= 11 is 13.4. The second-order valence-electron chi connectivity index (χ2n) is 13.1. The van der Waals surface area contributed by atoms with Crippen LogP contribution in [0.5, 0.6) is 0 Å². The normalized spacial score (nSPS) is 23.1. The maximum atomic E-state index is 14.4. The maximum absolute atomic E-state index is 14.4. The summed E-state index contributed by atoms with van der Waals surface area (Å²) in [6.07, 6.45) is 8.66. The number of allylic oxidation sites excluding steroid dienone is 1. The molecule has 2 atom stereocenters. The van der Waals surface area contributed by atoms with Gasteiger partial charge in [-0.1, -0.05) is 44.0 Å². The van der Waals surface area contributed by atoms with Crippen LogP contribution in [0.25, 0.3) is 0 Å². The topological polar surface area (TPSA) is 105 Å². The third-order valence-electron chi connectivity index (χ3n) is 9.69. The molecule has 1 aromatic rings. The molecule has 0 radical (unpaired) electrons. The number of pyridine rings is 1. The Labute approximate surface area is 275 Å². The van der Waals surface area contributed by atoms with Crippen molar-refractivity contribution in [1.82, 2.24) is 15.2 Å². The highest BCUT2D eigenvalue weighted by molar-refractivity contribution is 6.73. The first-order valence-electron chi connectivity index (χ1n) is 16.2. The number of nitrogens with zero attached hydrogens (tertiary/aromatic N) is 2. The minimum absolute atomic E-state index is 0.112. The predicted octanol–water partition coefficient (Wildman–Crippen LogP) is 7.90. The summed E-state index contributed by atoms with van der Waals surface area (Å²) < 4.78 is 13.4. The van der Waals surface area contributed by atoms with E-state index in [0.717, 1.165) is 62.9 Å². The van der Waals surface area contributed by atoms with E-state index >= 15 is 0 Å². The van der Waals surface area contributed by atoms with Gasteiger partial charge in [-0.2, -0.15) is 0 Å². The van der Waals surface area contributed by atoms with Crippen molar-refractivity contribution < 1.29 is 18.8 Å². The summed E-state index contributed by atoms with van der Waals surface area (Å²) in [7, 11) is -2.18. The lowest BCUT2D eigenvalue weighted by atomic mass is 9.84. The summed E-state index contributed by atoms with van der Waals surface area (Å²) in [5, 5.41) is 12.6. The van der Waals surface area contributed by atoms with Crippen LogP contribution in [0.2, 0.25) is 28.2 Å². The molecule has 3 rings (SSSR count). The van der Waals surface area contributed by atoms with Crippen LogP contribution >= 0.6 is 23.2 Å². The van der Waals surface area contributed by atoms with E-state index in [0.29, 0.717) is 33.4 Å². The number of carbonyl (C=O) groups excluding carboxylic acids is 2. The molecule has 1 aromatic heterocycles. The third kappa shape index (κ3) is 9.38. The molecule has 0 spiro atoms. The molecular formula is C33H52Cl2N4O4Si. The van der Waals surface area contributed by atoms with Crippen LogP contribution in [-0.4, -0.2) is 66.9 Å². The summed E-state index contributed by atoms with van der Waals surface area (Å²) in [6.45, 7) is 14.7. The molecule has 1 saturated carbocycles. The van der Waals surface area contributed by atoms with Crippen molar-refractivity contribution in [3.8, 4) is 0 Å². The molecule has 246 valence electrons. The number of rotatable bonds is 15. The van der Waals surface area contributed by atoms with Gasteiger partial charge >= 0.3 is 0 Å². The van der Waals surface area contributed by atoms with Gasteiger partial charge in [0.25, 0.3) is 5.91 Å². The molecule has 2 aliphatic rings. The smallest absolute Gasteiger partial charge is 0.257 e. The van der Waals surface area contributed by atoms with Crippen LogP contribution in [0.1, 0.15) is 98.7 Å². The number of nitrogens with one attached hydrogen (secondary N) is 2. The Hall–Kier alpha value is -1.78. The van der Waals surface area contributed by atoms with Crippen molar-refractivity contribution >= 4 is 49.4 Å². The van der Waals surface area contributed by atoms with E-state index < -0.39 is 14.4 Å². The molecule has 1 aliphatic carbocycles. The Morgan fingerprint density at radius 3 is 2.18 bits per heavy atom. The van der Waals surface area contributed by atoms with Crippen LogP contribution in [0.3, 0.4) is 0 Å². The summed E-state index contributed by atoms with van der Waals surface area (Å²) in [5.41, 5.74) is 1.33. The van der Waals surface area contributed by atoms with E-state index in [-0.39, 0.29) is 41.9 Å². The lowest BCUT2D eigenvalue weighted by Gasteiger charge is -2.37. The molecular weight excluding hydrogens is 615 g/mol. The zero-order valence-corrected chi connectivity index (χ0v) is 30.1. The van der Waals surface area contributed by atoms with Gasteiger partial charge in [0, 0.05) is 48.4 Å².